The number of hydrogen-bond donors (Lipinski definition) is 5. The van der Waals surface area contributed by atoms with Crippen molar-refractivity contribution in [2.24, 2.45) is 5.73 Å². The number of aryl methyl sites for hydroxylation is 1. The Kier molecular flexibility index (Phi) is 7.69. The van der Waals surface area contributed by atoms with Crippen molar-refractivity contribution < 1.29 is 19.5 Å². The molecule has 0 spiro atoms. The highest BCUT2D eigenvalue weighted by atomic mass is 16.7. The lowest BCUT2D eigenvalue weighted by Crippen LogP contribution is -2.20. The molecular formula is C22H27N5O4. The van der Waals surface area contributed by atoms with Crippen LogP contribution in [0.5, 0.6) is 0 Å². The molecule has 164 valence electrons. The average molecular weight is 425 g/mol. The highest BCUT2D eigenvalue weighted by Crippen LogP contribution is 2.27. The van der Waals surface area contributed by atoms with Gasteiger partial charge in [-0.25, -0.2) is 0 Å². The van der Waals surface area contributed by atoms with E-state index in [0.29, 0.717) is 30.5 Å². The molecule has 0 bridgehead atoms. The van der Waals surface area contributed by atoms with Crippen molar-refractivity contribution in [2.45, 2.75) is 50.7 Å². The summed E-state index contributed by atoms with van der Waals surface area (Å²) in [6, 6.07) is 9.21. The first kappa shape index (κ1) is 22.4. The molecule has 9 nitrogen and oxygen atoms in total. The number of hydrogen-bond acceptors (Lipinski definition) is 6. The van der Waals surface area contributed by atoms with Gasteiger partial charge in [-0.1, -0.05) is 24.3 Å². The first-order valence-corrected chi connectivity index (χ1v) is 10.2. The van der Waals surface area contributed by atoms with E-state index in [1.54, 1.807) is 24.5 Å². The fourth-order valence-electron chi connectivity index (χ4n) is 3.48. The molecule has 31 heavy (non-hydrogen) atoms. The summed E-state index contributed by atoms with van der Waals surface area (Å²) in [7, 11) is 0. The number of nitrogens with two attached hydrogens (primary N) is 1. The van der Waals surface area contributed by atoms with Crippen molar-refractivity contribution in [3.8, 4) is 0 Å². The van der Waals surface area contributed by atoms with E-state index in [-0.39, 0.29) is 36.7 Å². The molecule has 1 saturated heterocycles. The van der Waals surface area contributed by atoms with Gasteiger partial charge in [0, 0.05) is 18.2 Å². The standard InChI is InChI=1S/C22H27N5O4/c23-22(24)16-7-5-15(6-8-16)19-10-18(31-27-19)11-20(28)26-17-9-14(12-25-13-17)3-1-2-4-21(29)30/h5-9,12-13,18-19,27H,1-4,10-11H2,(H3,23,24)(H,26,28)(H,29,30)/t18-,19+/m1/s1. The van der Waals surface area contributed by atoms with Gasteiger partial charge in [0.15, 0.2) is 0 Å². The Morgan fingerprint density at radius 3 is 2.74 bits per heavy atom. The summed E-state index contributed by atoms with van der Waals surface area (Å²) in [5, 5.41) is 19.0. The second-order valence-electron chi connectivity index (χ2n) is 7.62. The van der Waals surface area contributed by atoms with Crippen molar-refractivity contribution in [1.82, 2.24) is 10.5 Å². The molecule has 0 unspecified atom stereocenters. The van der Waals surface area contributed by atoms with Crippen LogP contribution in [0.4, 0.5) is 5.69 Å². The number of aliphatic carboxylic acids is 1. The van der Waals surface area contributed by atoms with Crippen LogP contribution in [-0.2, 0) is 20.8 Å². The fourth-order valence-corrected chi connectivity index (χ4v) is 3.48. The number of pyridine rings is 1. The van der Waals surface area contributed by atoms with Crippen molar-refractivity contribution in [1.29, 1.82) is 5.41 Å². The highest BCUT2D eigenvalue weighted by Gasteiger charge is 2.28. The number of nitrogens with one attached hydrogen (secondary N) is 3. The molecule has 3 rings (SSSR count). The first-order valence-electron chi connectivity index (χ1n) is 10.2. The molecule has 0 aliphatic carbocycles. The summed E-state index contributed by atoms with van der Waals surface area (Å²) in [5.41, 5.74) is 11.7. The number of carboxylic acid groups (broad SMARTS) is 1. The van der Waals surface area contributed by atoms with Crippen LogP contribution >= 0.6 is 0 Å². The summed E-state index contributed by atoms with van der Waals surface area (Å²) in [4.78, 5) is 32.7. The number of nitrogen functional groups attached to an aromatic ring is 1. The number of benzene rings is 1. The van der Waals surface area contributed by atoms with E-state index in [1.807, 2.05) is 18.2 Å². The normalized spacial score (nSPS) is 17.9. The van der Waals surface area contributed by atoms with Crippen LogP contribution in [0.2, 0.25) is 0 Å². The molecule has 1 aliphatic heterocycles. The van der Waals surface area contributed by atoms with Gasteiger partial charge in [0.2, 0.25) is 5.91 Å². The van der Waals surface area contributed by atoms with E-state index in [0.717, 1.165) is 17.5 Å². The molecule has 1 aromatic heterocycles. The Labute approximate surface area is 180 Å². The topological polar surface area (TPSA) is 150 Å². The van der Waals surface area contributed by atoms with Crippen LogP contribution in [0.1, 0.15) is 54.8 Å². The van der Waals surface area contributed by atoms with Gasteiger partial charge in [-0.15, -0.1) is 0 Å². The fraction of sp³-hybridized carbons (Fsp3) is 0.364. The summed E-state index contributed by atoms with van der Waals surface area (Å²) in [6.45, 7) is 0. The quantitative estimate of drug-likeness (QED) is 0.223. The van der Waals surface area contributed by atoms with Gasteiger partial charge in [0.25, 0.3) is 0 Å². The van der Waals surface area contributed by atoms with Gasteiger partial charge in [0.05, 0.1) is 30.5 Å². The lowest BCUT2D eigenvalue weighted by Gasteiger charge is -2.10. The van der Waals surface area contributed by atoms with Gasteiger partial charge in [-0.2, -0.15) is 5.48 Å². The van der Waals surface area contributed by atoms with Gasteiger partial charge in [-0.3, -0.25) is 24.8 Å². The van der Waals surface area contributed by atoms with E-state index in [4.69, 9.17) is 21.1 Å². The predicted molar refractivity (Wildman–Crippen MR) is 115 cm³/mol. The van der Waals surface area contributed by atoms with Crippen LogP contribution in [0.3, 0.4) is 0 Å². The first-order chi connectivity index (χ1) is 14.9. The van der Waals surface area contributed by atoms with Crippen LogP contribution in [0.25, 0.3) is 0 Å². The second kappa shape index (κ2) is 10.6. The van der Waals surface area contributed by atoms with Gasteiger partial charge in [0.1, 0.15) is 5.84 Å². The smallest absolute Gasteiger partial charge is 0.303 e. The number of unbranched alkanes of at least 4 members (excludes halogenated alkanes) is 1. The Balaban J connectivity index is 1.46. The van der Waals surface area contributed by atoms with Crippen LogP contribution < -0.4 is 16.5 Å². The minimum Gasteiger partial charge on any atom is -0.481 e. The summed E-state index contributed by atoms with van der Waals surface area (Å²) in [5.74, 6) is -0.933. The third-order valence-electron chi connectivity index (χ3n) is 5.10. The molecule has 0 radical (unpaired) electrons. The highest BCUT2D eigenvalue weighted by molar-refractivity contribution is 5.94. The third-order valence-corrected chi connectivity index (χ3v) is 5.10. The van der Waals surface area contributed by atoms with E-state index in [2.05, 4.69) is 15.8 Å². The summed E-state index contributed by atoms with van der Waals surface area (Å²) in [6.07, 6.45) is 6.13. The summed E-state index contributed by atoms with van der Waals surface area (Å²) >= 11 is 0. The Bertz CT molecular complexity index is 932. The number of carboxylic acids is 1. The molecule has 1 fully saturated rings. The SMILES string of the molecule is N=C(N)c1ccc([C@@H]2C[C@H](CC(=O)Nc3cncc(CCCCC(=O)O)c3)ON2)cc1. The zero-order valence-corrected chi connectivity index (χ0v) is 17.1. The predicted octanol–water partition coefficient (Wildman–Crippen LogP) is 2.53. The van der Waals surface area contributed by atoms with E-state index >= 15 is 0 Å². The van der Waals surface area contributed by atoms with Crippen LogP contribution in [0.15, 0.2) is 42.7 Å². The zero-order valence-electron chi connectivity index (χ0n) is 17.1. The van der Waals surface area contributed by atoms with Crippen LogP contribution in [0, 0.1) is 5.41 Å². The molecule has 0 saturated carbocycles. The third kappa shape index (κ3) is 6.87. The monoisotopic (exact) mass is 425 g/mol. The van der Waals surface area contributed by atoms with Crippen molar-refractivity contribution in [3.63, 3.8) is 0 Å². The van der Waals surface area contributed by atoms with E-state index in [9.17, 15) is 9.59 Å². The minimum atomic E-state index is -0.793. The molecule has 1 aliphatic rings. The zero-order chi connectivity index (χ0) is 22.2. The van der Waals surface area contributed by atoms with Crippen molar-refractivity contribution >= 4 is 23.4 Å². The molecule has 2 aromatic rings. The number of carbonyl (C=O) groups excluding carboxylic acids is 1. The van der Waals surface area contributed by atoms with Gasteiger partial charge in [-0.05, 0) is 42.9 Å². The molecule has 6 N–H and O–H groups in total. The number of anilines is 1. The second-order valence-corrected chi connectivity index (χ2v) is 7.62. The molecule has 1 aromatic carbocycles. The van der Waals surface area contributed by atoms with Gasteiger partial charge >= 0.3 is 5.97 Å². The number of amides is 1. The number of amidine groups is 1. The molecule has 9 heteroatoms. The largest absolute Gasteiger partial charge is 0.481 e. The molecule has 2 atom stereocenters. The number of nitrogens with zero attached hydrogens (tertiary/aromatic N) is 1. The number of aromatic nitrogens is 1. The van der Waals surface area contributed by atoms with Crippen LogP contribution in [-0.4, -0.2) is 33.9 Å². The lowest BCUT2D eigenvalue weighted by atomic mass is 9.99. The maximum atomic E-state index is 12.4. The maximum Gasteiger partial charge on any atom is 0.303 e. The van der Waals surface area contributed by atoms with E-state index < -0.39 is 5.97 Å². The lowest BCUT2D eigenvalue weighted by molar-refractivity contribution is -0.137. The van der Waals surface area contributed by atoms with Crippen molar-refractivity contribution in [2.75, 3.05) is 5.32 Å². The number of carbonyl (C=O) groups is 2. The molecule has 2 heterocycles. The Morgan fingerprint density at radius 2 is 2.03 bits per heavy atom. The number of hydroxylamine groups is 1. The molecular weight excluding hydrogens is 398 g/mol. The maximum absolute atomic E-state index is 12.4. The van der Waals surface area contributed by atoms with Gasteiger partial charge < -0.3 is 16.2 Å². The van der Waals surface area contributed by atoms with E-state index in [1.165, 1.54) is 0 Å². The Hall–Kier alpha value is -3.30. The minimum absolute atomic E-state index is 0.0237. The number of rotatable bonds is 10. The molecule has 1 amide bonds. The summed E-state index contributed by atoms with van der Waals surface area (Å²) < 4.78 is 0. The Morgan fingerprint density at radius 1 is 1.26 bits per heavy atom. The van der Waals surface area contributed by atoms with Crippen molar-refractivity contribution in [3.05, 3.63) is 59.4 Å². The average Bonchev–Trinajstić information content (AvgIpc) is 3.19.